The van der Waals surface area contributed by atoms with Crippen molar-refractivity contribution in [2.24, 2.45) is 0 Å². The highest BCUT2D eigenvalue weighted by Gasteiger charge is 2.21. The van der Waals surface area contributed by atoms with Crippen LogP contribution in [0.4, 0.5) is 0 Å². The average Bonchev–Trinajstić information content (AvgIpc) is 2.99. The molecule has 3 rings (SSSR count). The summed E-state index contributed by atoms with van der Waals surface area (Å²) >= 11 is 1.77. The molecule has 0 radical (unpaired) electrons. The lowest BCUT2D eigenvalue weighted by molar-refractivity contribution is 0.413. The van der Waals surface area contributed by atoms with Crippen LogP contribution in [0.1, 0.15) is 35.8 Å². The van der Waals surface area contributed by atoms with Gasteiger partial charge in [-0.1, -0.05) is 0 Å². The largest absolute Gasteiger partial charge is 0.469 e. The number of thiophene rings is 1. The van der Waals surface area contributed by atoms with Gasteiger partial charge in [0.25, 0.3) is 0 Å². The molecule has 1 aliphatic rings. The van der Waals surface area contributed by atoms with Gasteiger partial charge in [-0.25, -0.2) is 0 Å². The molecule has 2 aromatic heterocycles. The van der Waals surface area contributed by atoms with Gasteiger partial charge < -0.3 is 9.73 Å². The van der Waals surface area contributed by atoms with E-state index >= 15 is 0 Å². The molecule has 0 saturated heterocycles. The van der Waals surface area contributed by atoms with Gasteiger partial charge in [-0.3, -0.25) is 0 Å². The normalized spacial score (nSPS) is 19.2. The number of hydrogen-bond donors (Lipinski definition) is 1. The standard InChI is InChI=1S/C14H17NOS/c1-2-13(12-5-8-16-14(12)3-1)15-7-4-11-6-9-17-10-11/h5-6,8-10,13,15H,1-4,7H2. The fourth-order valence-corrected chi connectivity index (χ4v) is 3.23. The topological polar surface area (TPSA) is 25.2 Å². The van der Waals surface area contributed by atoms with Gasteiger partial charge >= 0.3 is 0 Å². The third-order valence-electron chi connectivity index (χ3n) is 3.44. The summed E-state index contributed by atoms with van der Waals surface area (Å²) in [6.07, 6.45) is 6.51. The molecule has 1 N–H and O–H groups in total. The van der Waals surface area contributed by atoms with Gasteiger partial charge in [0.15, 0.2) is 0 Å². The Labute approximate surface area is 106 Å². The Kier molecular flexibility index (Phi) is 3.29. The third-order valence-corrected chi connectivity index (χ3v) is 4.17. The van der Waals surface area contributed by atoms with Gasteiger partial charge in [-0.05, 0) is 54.3 Å². The molecule has 3 heteroatoms. The van der Waals surface area contributed by atoms with E-state index < -0.39 is 0 Å². The second kappa shape index (κ2) is 5.07. The first-order valence-corrected chi connectivity index (χ1v) is 7.18. The molecule has 0 aromatic carbocycles. The quantitative estimate of drug-likeness (QED) is 0.893. The second-order valence-electron chi connectivity index (χ2n) is 4.58. The van der Waals surface area contributed by atoms with Gasteiger partial charge in [0.2, 0.25) is 0 Å². The van der Waals surface area contributed by atoms with E-state index in [-0.39, 0.29) is 0 Å². The van der Waals surface area contributed by atoms with Crippen molar-refractivity contribution in [3.63, 3.8) is 0 Å². The first-order chi connectivity index (χ1) is 8.43. The predicted octanol–water partition coefficient (Wildman–Crippen LogP) is 3.55. The van der Waals surface area contributed by atoms with Crippen LogP contribution >= 0.6 is 11.3 Å². The van der Waals surface area contributed by atoms with Crippen LogP contribution in [0.3, 0.4) is 0 Å². The molecule has 2 heterocycles. The monoisotopic (exact) mass is 247 g/mol. The Balaban J connectivity index is 1.57. The van der Waals surface area contributed by atoms with Crippen LogP contribution in [0.15, 0.2) is 33.6 Å². The molecule has 0 spiro atoms. The van der Waals surface area contributed by atoms with Crippen molar-refractivity contribution >= 4 is 11.3 Å². The molecule has 0 fully saturated rings. The summed E-state index contributed by atoms with van der Waals surface area (Å²) in [5, 5.41) is 8.02. The van der Waals surface area contributed by atoms with Crippen LogP contribution in [-0.2, 0) is 12.8 Å². The number of rotatable bonds is 4. The fraction of sp³-hybridized carbons (Fsp3) is 0.429. The Morgan fingerprint density at radius 1 is 1.41 bits per heavy atom. The number of furan rings is 1. The fourth-order valence-electron chi connectivity index (χ4n) is 2.52. The van der Waals surface area contributed by atoms with Crippen molar-refractivity contribution in [2.75, 3.05) is 6.54 Å². The molecule has 0 bridgehead atoms. The number of fused-ring (bicyclic) bond motifs is 1. The van der Waals surface area contributed by atoms with Gasteiger partial charge in [-0.2, -0.15) is 11.3 Å². The molecule has 90 valence electrons. The highest BCUT2D eigenvalue weighted by molar-refractivity contribution is 7.07. The molecule has 1 atom stereocenters. The zero-order valence-corrected chi connectivity index (χ0v) is 10.6. The highest BCUT2D eigenvalue weighted by atomic mass is 32.1. The summed E-state index contributed by atoms with van der Waals surface area (Å²) in [5.41, 5.74) is 2.81. The van der Waals surface area contributed by atoms with Crippen LogP contribution in [0.2, 0.25) is 0 Å². The predicted molar refractivity (Wildman–Crippen MR) is 70.4 cm³/mol. The molecular weight excluding hydrogens is 230 g/mol. The molecular formula is C14H17NOS. The molecule has 17 heavy (non-hydrogen) atoms. The van der Waals surface area contributed by atoms with E-state index in [2.05, 4.69) is 28.2 Å². The number of aryl methyl sites for hydroxylation is 1. The van der Waals surface area contributed by atoms with E-state index in [1.165, 1.54) is 29.7 Å². The Morgan fingerprint density at radius 3 is 3.29 bits per heavy atom. The van der Waals surface area contributed by atoms with Crippen molar-refractivity contribution in [3.05, 3.63) is 46.0 Å². The van der Waals surface area contributed by atoms with E-state index in [1.54, 1.807) is 11.3 Å². The lowest BCUT2D eigenvalue weighted by Crippen LogP contribution is -2.26. The molecule has 0 aliphatic heterocycles. The minimum absolute atomic E-state index is 0.496. The summed E-state index contributed by atoms with van der Waals surface area (Å²) < 4.78 is 5.50. The van der Waals surface area contributed by atoms with E-state index in [1.807, 2.05) is 6.26 Å². The molecule has 2 nitrogen and oxygen atoms in total. The summed E-state index contributed by atoms with van der Waals surface area (Å²) in [6, 6.07) is 4.82. The van der Waals surface area contributed by atoms with Crippen molar-refractivity contribution in [1.29, 1.82) is 0 Å². The average molecular weight is 247 g/mol. The first kappa shape index (κ1) is 11.1. The van der Waals surface area contributed by atoms with Gasteiger partial charge in [-0.15, -0.1) is 0 Å². The SMILES string of the molecule is c1cc2c(o1)CCCC2NCCc1ccsc1. The Hall–Kier alpha value is -1.06. The van der Waals surface area contributed by atoms with Crippen LogP contribution in [0.5, 0.6) is 0 Å². The van der Waals surface area contributed by atoms with E-state index in [4.69, 9.17) is 4.42 Å². The van der Waals surface area contributed by atoms with Gasteiger partial charge in [0.05, 0.1) is 6.26 Å². The number of hydrogen-bond acceptors (Lipinski definition) is 3. The Morgan fingerprint density at radius 2 is 2.41 bits per heavy atom. The molecule has 1 unspecified atom stereocenters. The molecule has 1 aliphatic carbocycles. The van der Waals surface area contributed by atoms with Crippen LogP contribution in [-0.4, -0.2) is 6.54 Å². The van der Waals surface area contributed by atoms with E-state index in [0.29, 0.717) is 6.04 Å². The van der Waals surface area contributed by atoms with Crippen LogP contribution in [0.25, 0.3) is 0 Å². The third kappa shape index (κ3) is 2.45. The number of nitrogens with one attached hydrogen (secondary N) is 1. The maximum Gasteiger partial charge on any atom is 0.108 e. The Bertz CT molecular complexity index is 460. The molecule has 2 aromatic rings. The zero-order valence-electron chi connectivity index (χ0n) is 9.82. The van der Waals surface area contributed by atoms with Gasteiger partial charge in [0, 0.05) is 18.0 Å². The summed E-state index contributed by atoms with van der Waals surface area (Å²) in [4.78, 5) is 0. The van der Waals surface area contributed by atoms with Crippen LogP contribution < -0.4 is 5.32 Å². The van der Waals surface area contributed by atoms with Crippen molar-refractivity contribution in [2.45, 2.75) is 31.7 Å². The minimum atomic E-state index is 0.496. The maximum atomic E-state index is 5.50. The lowest BCUT2D eigenvalue weighted by atomic mass is 9.93. The van der Waals surface area contributed by atoms with Crippen molar-refractivity contribution < 1.29 is 4.42 Å². The highest BCUT2D eigenvalue weighted by Crippen LogP contribution is 2.30. The molecule has 0 amide bonds. The molecule has 0 saturated carbocycles. The minimum Gasteiger partial charge on any atom is -0.469 e. The maximum absolute atomic E-state index is 5.50. The van der Waals surface area contributed by atoms with Crippen molar-refractivity contribution in [1.82, 2.24) is 5.32 Å². The van der Waals surface area contributed by atoms with E-state index in [0.717, 1.165) is 19.4 Å². The zero-order chi connectivity index (χ0) is 11.5. The summed E-state index contributed by atoms with van der Waals surface area (Å²) in [7, 11) is 0. The lowest BCUT2D eigenvalue weighted by Gasteiger charge is -2.22. The summed E-state index contributed by atoms with van der Waals surface area (Å²) in [5.74, 6) is 1.18. The smallest absolute Gasteiger partial charge is 0.108 e. The second-order valence-corrected chi connectivity index (χ2v) is 5.36. The first-order valence-electron chi connectivity index (χ1n) is 6.24. The van der Waals surface area contributed by atoms with Crippen LogP contribution in [0, 0.1) is 0 Å². The van der Waals surface area contributed by atoms with Gasteiger partial charge in [0.1, 0.15) is 5.76 Å². The van der Waals surface area contributed by atoms with Crippen molar-refractivity contribution in [3.8, 4) is 0 Å². The van der Waals surface area contributed by atoms with E-state index in [9.17, 15) is 0 Å². The summed E-state index contributed by atoms with van der Waals surface area (Å²) in [6.45, 7) is 1.05.